The van der Waals surface area contributed by atoms with Crippen LogP contribution >= 0.6 is 11.3 Å². The van der Waals surface area contributed by atoms with Crippen LogP contribution in [0, 0.1) is 0 Å². The van der Waals surface area contributed by atoms with Crippen molar-refractivity contribution >= 4 is 34.1 Å². The van der Waals surface area contributed by atoms with Crippen molar-refractivity contribution < 1.29 is 14.3 Å². The number of ether oxygens (including phenoxy) is 1. The van der Waals surface area contributed by atoms with Gasteiger partial charge in [-0.25, -0.2) is 4.79 Å². The van der Waals surface area contributed by atoms with Crippen LogP contribution in [0.15, 0.2) is 48.5 Å². The average Bonchev–Trinajstić information content (AvgIpc) is 3.49. The normalized spacial score (nSPS) is 15.4. The highest BCUT2D eigenvalue weighted by molar-refractivity contribution is 7.18. The Kier molecular flexibility index (Phi) is 6.65. The zero-order chi connectivity index (χ0) is 22.5. The molecule has 1 atom stereocenters. The Balaban J connectivity index is 1.43. The molecule has 4 rings (SSSR count). The lowest BCUT2D eigenvalue weighted by molar-refractivity contribution is -0.119. The summed E-state index contributed by atoms with van der Waals surface area (Å²) in [6.07, 6.45) is 2.19. The zero-order valence-electron chi connectivity index (χ0n) is 18.0. The van der Waals surface area contributed by atoms with Crippen molar-refractivity contribution in [3.63, 3.8) is 0 Å². The van der Waals surface area contributed by atoms with Gasteiger partial charge in [0.15, 0.2) is 0 Å². The van der Waals surface area contributed by atoms with E-state index < -0.39 is 6.04 Å². The molecule has 0 radical (unpaired) electrons. The maximum atomic E-state index is 12.9. The molecule has 1 saturated heterocycles. The quantitative estimate of drug-likeness (QED) is 0.579. The molecule has 32 heavy (non-hydrogen) atoms. The molecule has 2 aromatic carbocycles. The number of amides is 3. The van der Waals surface area contributed by atoms with Crippen molar-refractivity contribution in [3.05, 3.63) is 54.1 Å². The van der Waals surface area contributed by atoms with Crippen molar-refractivity contribution in [2.45, 2.75) is 32.2 Å². The summed E-state index contributed by atoms with van der Waals surface area (Å²) < 4.78 is 5.25. The Morgan fingerprint density at radius 1 is 1.16 bits per heavy atom. The van der Waals surface area contributed by atoms with Crippen LogP contribution in [0.2, 0.25) is 0 Å². The SMILES string of the molecule is CCc1ccccc1NC(=O)N1CCCC1C(=O)Nc1nnc(-c2cccc(OC)c2)s1. The molecule has 0 aliphatic carbocycles. The van der Waals surface area contributed by atoms with Crippen LogP contribution < -0.4 is 15.4 Å². The van der Waals surface area contributed by atoms with Gasteiger partial charge < -0.3 is 15.0 Å². The van der Waals surface area contributed by atoms with Crippen molar-refractivity contribution in [2.75, 3.05) is 24.3 Å². The van der Waals surface area contributed by atoms with Gasteiger partial charge in [0.1, 0.15) is 16.8 Å². The molecule has 9 heteroatoms. The summed E-state index contributed by atoms with van der Waals surface area (Å²) in [4.78, 5) is 27.4. The van der Waals surface area contributed by atoms with E-state index in [1.54, 1.807) is 12.0 Å². The number of carbonyl (C=O) groups excluding carboxylic acids is 2. The number of hydrogen-bond donors (Lipinski definition) is 2. The summed E-state index contributed by atoms with van der Waals surface area (Å²) in [7, 11) is 1.61. The number of aryl methyl sites for hydroxylation is 1. The first-order chi connectivity index (χ1) is 15.6. The predicted octanol–water partition coefficient (Wildman–Crippen LogP) is 4.41. The minimum Gasteiger partial charge on any atom is -0.497 e. The first kappa shape index (κ1) is 21.8. The van der Waals surface area contributed by atoms with Crippen LogP contribution in [0.3, 0.4) is 0 Å². The molecule has 1 aromatic heterocycles. The fourth-order valence-electron chi connectivity index (χ4n) is 3.76. The van der Waals surface area contributed by atoms with Gasteiger partial charge in [-0.15, -0.1) is 10.2 Å². The minimum atomic E-state index is -0.548. The van der Waals surface area contributed by atoms with Gasteiger partial charge in [0.05, 0.1) is 7.11 Å². The van der Waals surface area contributed by atoms with Crippen LogP contribution in [-0.4, -0.2) is 46.7 Å². The van der Waals surface area contributed by atoms with Crippen LogP contribution in [0.1, 0.15) is 25.3 Å². The second kappa shape index (κ2) is 9.78. The fourth-order valence-corrected chi connectivity index (χ4v) is 4.50. The number of urea groups is 1. The number of aromatic nitrogens is 2. The van der Waals surface area contributed by atoms with E-state index in [0.29, 0.717) is 23.1 Å². The average molecular weight is 452 g/mol. The molecule has 3 aromatic rings. The van der Waals surface area contributed by atoms with E-state index >= 15 is 0 Å². The molecular formula is C23H25N5O3S. The molecule has 2 N–H and O–H groups in total. The number of para-hydroxylation sites is 1. The lowest BCUT2D eigenvalue weighted by Crippen LogP contribution is -2.45. The molecule has 0 saturated carbocycles. The lowest BCUT2D eigenvalue weighted by atomic mass is 10.1. The maximum Gasteiger partial charge on any atom is 0.322 e. The smallest absolute Gasteiger partial charge is 0.322 e. The zero-order valence-corrected chi connectivity index (χ0v) is 18.8. The highest BCUT2D eigenvalue weighted by Crippen LogP contribution is 2.29. The summed E-state index contributed by atoms with van der Waals surface area (Å²) in [5, 5.41) is 15.1. The van der Waals surface area contributed by atoms with Crippen LogP contribution in [-0.2, 0) is 11.2 Å². The molecule has 1 unspecified atom stereocenters. The summed E-state index contributed by atoms with van der Waals surface area (Å²) in [6.45, 7) is 2.57. The third-order valence-corrected chi connectivity index (χ3v) is 6.32. The van der Waals surface area contributed by atoms with Gasteiger partial charge in [-0.05, 0) is 43.0 Å². The molecule has 1 aliphatic heterocycles. The summed E-state index contributed by atoms with van der Waals surface area (Å²) in [5.41, 5.74) is 2.69. The number of rotatable bonds is 6. The van der Waals surface area contributed by atoms with Crippen LogP contribution in [0.25, 0.3) is 10.6 Å². The number of anilines is 2. The molecule has 0 bridgehead atoms. The molecule has 8 nitrogen and oxygen atoms in total. The fraction of sp³-hybridized carbons (Fsp3) is 0.304. The molecule has 166 valence electrons. The van der Waals surface area contributed by atoms with E-state index in [9.17, 15) is 9.59 Å². The van der Waals surface area contributed by atoms with E-state index in [0.717, 1.165) is 35.4 Å². The number of carbonyl (C=O) groups is 2. The second-order valence-corrected chi connectivity index (χ2v) is 8.40. The summed E-state index contributed by atoms with van der Waals surface area (Å²) in [5.74, 6) is 0.468. The molecular weight excluding hydrogens is 426 g/mol. The van der Waals surface area contributed by atoms with Gasteiger partial charge in [0.2, 0.25) is 11.0 Å². The number of benzene rings is 2. The topological polar surface area (TPSA) is 96.5 Å². The van der Waals surface area contributed by atoms with Crippen molar-refractivity contribution in [1.82, 2.24) is 15.1 Å². The van der Waals surface area contributed by atoms with Gasteiger partial charge in [-0.3, -0.25) is 10.1 Å². The Labute approximate surface area is 190 Å². The number of likely N-dealkylation sites (tertiary alicyclic amines) is 1. The van der Waals surface area contributed by atoms with Gasteiger partial charge in [-0.2, -0.15) is 0 Å². The summed E-state index contributed by atoms with van der Waals surface area (Å²) in [6, 6.07) is 14.4. The first-order valence-electron chi connectivity index (χ1n) is 10.5. The third-order valence-electron chi connectivity index (χ3n) is 5.43. The predicted molar refractivity (Wildman–Crippen MR) is 125 cm³/mol. The molecule has 1 fully saturated rings. The van der Waals surface area contributed by atoms with E-state index in [2.05, 4.69) is 20.8 Å². The Morgan fingerprint density at radius 2 is 2.00 bits per heavy atom. The largest absolute Gasteiger partial charge is 0.497 e. The highest BCUT2D eigenvalue weighted by atomic mass is 32.1. The standard InChI is InChI=1S/C23H25N5O3S/c1-3-15-8-4-5-11-18(15)24-23(30)28-13-7-12-19(28)20(29)25-22-27-26-21(32-22)16-9-6-10-17(14-16)31-2/h4-6,8-11,14,19H,3,7,12-13H2,1-2H3,(H,24,30)(H,25,27,29). The minimum absolute atomic E-state index is 0.255. The Hall–Kier alpha value is -3.46. The number of hydrogen-bond acceptors (Lipinski definition) is 6. The molecule has 3 amide bonds. The van der Waals surface area contributed by atoms with Crippen molar-refractivity contribution in [1.29, 1.82) is 0 Å². The van der Waals surface area contributed by atoms with E-state index in [1.165, 1.54) is 11.3 Å². The van der Waals surface area contributed by atoms with Crippen LogP contribution in [0.4, 0.5) is 15.6 Å². The molecule has 0 spiro atoms. The highest BCUT2D eigenvalue weighted by Gasteiger charge is 2.34. The van der Waals surface area contributed by atoms with Crippen molar-refractivity contribution in [2.24, 2.45) is 0 Å². The van der Waals surface area contributed by atoms with Gasteiger partial charge in [0, 0.05) is 17.8 Å². The summed E-state index contributed by atoms with van der Waals surface area (Å²) >= 11 is 1.28. The Morgan fingerprint density at radius 3 is 2.81 bits per heavy atom. The van der Waals surface area contributed by atoms with E-state index in [4.69, 9.17) is 4.74 Å². The number of nitrogens with one attached hydrogen (secondary N) is 2. The van der Waals surface area contributed by atoms with E-state index in [-0.39, 0.29) is 11.9 Å². The van der Waals surface area contributed by atoms with Crippen molar-refractivity contribution in [3.8, 4) is 16.3 Å². The maximum absolute atomic E-state index is 12.9. The lowest BCUT2D eigenvalue weighted by Gasteiger charge is -2.24. The van der Waals surface area contributed by atoms with Gasteiger partial charge in [-0.1, -0.05) is 48.6 Å². The van der Waals surface area contributed by atoms with Crippen LogP contribution in [0.5, 0.6) is 5.75 Å². The first-order valence-corrected chi connectivity index (χ1v) is 11.3. The number of nitrogens with zero attached hydrogens (tertiary/aromatic N) is 3. The molecule has 1 aliphatic rings. The van der Waals surface area contributed by atoms with Gasteiger partial charge in [0.25, 0.3) is 0 Å². The third kappa shape index (κ3) is 4.72. The number of methoxy groups -OCH3 is 1. The van der Waals surface area contributed by atoms with Gasteiger partial charge >= 0.3 is 6.03 Å². The molecule has 2 heterocycles. The van der Waals surface area contributed by atoms with E-state index in [1.807, 2.05) is 55.5 Å². The monoisotopic (exact) mass is 451 g/mol. The second-order valence-electron chi connectivity index (χ2n) is 7.43. The Bertz CT molecular complexity index is 1120.